The molecule has 2 aliphatic heterocycles. The zero-order valence-electron chi connectivity index (χ0n) is 8.53. The Morgan fingerprint density at radius 2 is 1.88 bits per heavy atom. The maximum Gasteiger partial charge on any atom is 0.324 e. The van der Waals surface area contributed by atoms with Crippen LogP contribution in [-0.2, 0) is 9.53 Å². The predicted molar refractivity (Wildman–Crippen MR) is 49.4 cm³/mol. The van der Waals surface area contributed by atoms with Gasteiger partial charge in [-0.1, -0.05) is 0 Å². The number of hydrogen-bond donors (Lipinski definition) is 6. The van der Waals surface area contributed by atoms with Gasteiger partial charge in [-0.2, -0.15) is 0 Å². The molecule has 2 saturated heterocycles. The zero-order valence-corrected chi connectivity index (χ0v) is 8.53. The normalized spacial score (nSPS) is 45.9. The van der Waals surface area contributed by atoms with E-state index in [1.54, 1.807) is 0 Å². The molecule has 2 rings (SSSR count). The molecule has 96 valence electrons. The van der Waals surface area contributed by atoms with Crippen LogP contribution in [0.5, 0.6) is 0 Å². The van der Waals surface area contributed by atoms with Crippen molar-refractivity contribution in [3.05, 3.63) is 0 Å². The summed E-state index contributed by atoms with van der Waals surface area (Å²) in [5.41, 5.74) is -2.18. The molecule has 3 amide bonds. The molecule has 5 atom stereocenters. The maximum absolute atomic E-state index is 11.5. The van der Waals surface area contributed by atoms with E-state index in [1.165, 1.54) is 0 Å². The van der Waals surface area contributed by atoms with Crippen molar-refractivity contribution in [1.82, 2.24) is 10.6 Å². The molecule has 0 aromatic rings. The average molecular weight is 248 g/mol. The molecule has 0 aromatic heterocycles. The topological polar surface area (TPSA) is 148 Å². The van der Waals surface area contributed by atoms with Crippen LogP contribution in [0.1, 0.15) is 0 Å². The van der Waals surface area contributed by atoms with Gasteiger partial charge in [0.05, 0.1) is 6.61 Å². The Morgan fingerprint density at radius 1 is 1.24 bits per heavy atom. The molecule has 17 heavy (non-hydrogen) atoms. The standard InChI is InChI=1S/C8H12N2O7/c11-1-2-3(12)4(13)5(14)8(17-2)6(15)9-7(16)10-8/h2-5,11-14H,1H2,(H2,9,10,15,16)/t2-,3-,4+,5-,8-/m1/s1. The SMILES string of the molecule is O=C1NC(=O)[C@]2(N1)O[C@H](CO)[C@@H](O)[C@H](O)[C@H]2O. The number of nitrogens with one attached hydrogen (secondary N) is 2. The van der Waals surface area contributed by atoms with Crippen molar-refractivity contribution in [1.29, 1.82) is 0 Å². The molecule has 0 aromatic carbocycles. The number of carbonyl (C=O) groups excluding carboxylic acids is 2. The third-order valence-electron chi connectivity index (χ3n) is 2.85. The van der Waals surface area contributed by atoms with E-state index in [1.807, 2.05) is 10.6 Å². The molecule has 1 spiro atoms. The van der Waals surface area contributed by atoms with Crippen LogP contribution in [0.4, 0.5) is 4.79 Å². The monoisotopic (exact) mass is 248 g/mol. The van der Waals surface area contributed by atoms with Crippen molar-refractivity contribution in [3.63, 3.8) is 0 Å². The third-order valence-corrected chi connectivity index (χ3v) is 2.85. The number of ether oxygens (including phenoxy) is 1. The highest BCUT2D eigenvalue weighted by molar-refractivity contribution is 6.06. The first-order valence-electron chi connectivity index (χ1n) is 4.89. The molecular formula is C8H12N2O7. The molecule has 0 aliphatic carbocycles. The van der Waals surface area contributed by atoms with Gasteiger partial charge in [0.25, 0.3) is 11.6 Å². The molecule has 2 heterocycles. The largest absolute Gasteiger partial charge is 0.394 e. The van der Waals surface area contributed by atoms with Crippen LogP contribution in [0.15, 0.2) is 0 Å². The van der Waals surface area contributed by atoms with Crippen molar-refractivity contribution in [2.45, 2.75) is 30.1 Å². The molecule has 0 unspecified atom stereocenters. The molecule has 0 bridgehead atoms. The van der Waals surface area contributed by atoms with Crippen LogP contribution < -0.4 is 10.6 Å². The number of urea groups is 1. The third kappa shape index (κ3) is 1.59. The summed E-state index contributed by atoms with van der Waals surface area (Å²) in [6, 6.07) is -0.894. The van der Waals surface area contributed by atoms with Crippen LogP contribution >= 0.6 is 0 Å². The van der Waals surface area contributed by atoms with Crippen molar-refractivity contribution in [3.8, 4) is 0 Å². The van der Waals surface area contributed by atoms with Gasteiger partial charge in [0, 0.05) is 0 Å². The molecule has 9 nitrogen and oxygen atoms in total. The fourth-order valence-corrected chi connectivity index (χ4v) is 1.91. The molecule has 2 fully saturated rings. The Balaban J connectivity index is 2.34. The van der Waals surface area contributed by atoms with E-state index >= 15 is 0 Å². The van der Waals surface area contributed by atoms with Gasteiger partial charge in [-0.15, -0.1) is 0 Å². The number of aliphatic hydroxyl groups excluding tert-OH is 4. The Bertz CT molecular complexity index is 360. The average Bonchev–Trinajstić information content (AvgIpc) is 2.57. The van der Waals surface area contributed by atoms with Gasteiger partial charge in [-0.3, -0.25) is 15.4 Å². The zero-order chi connectivity index (χ0) is 12.8. The van der Waals surface area contributed by atoms with E-state index in [-0.39, 0.29) is 0 Å². The molecule has 6 N–H and O–H groups in total. The molecule has 2 aliphatic rings. The number of imide groups is 1. The first-order chi connectivity index (χ1) is 7.92. The second kappa shape index (κ2) is 3.89. The fourth-order valence-electron chi connectivity index (χ4n) is 1.91. The highest BCUT2D eigenvalue weighted by atomic mass is 16.6. The predicted octanol–water partition coefficient (Wildman–Crippen LogP) is -4.00. The summed E-state index contributed by atoms with van der Waals surface area (Å²) in [4.78, 5) is 22.5. The van der Waals surface area contributed by atoms with Crippen LogP contribution in [0.2, 0.25) is 0 Å². The van der Waals surface area contributed by atoms with E-state index in [0.29, 0.717) is 0 Å². The van der Waals surface area contributed by atoms with Gasteiger partial charge in [-0.25, -0.2) is 4.79 Å². The lowest BCUT2D eigenvalue weighted by atomic mass is 9.90. The van der Waals surface area contributed by atoms with Crippen LogP contribution in [0.3, 0.4) is 0 Å². The summed E-state index contributed by atoms with van der Waals surface area (Å²) in [5.74, 6) is -0.987. The number of hydrogen-bond acceptors (Lipinski definition) is 7. The van der Waals surface area contributed by atoms with E-state index in [4.69, 9.17) is 9.84 Å². The molecule has 0 saturated carbocycles. The smallest absolute Gasteiger partial charge is 0.324 e. The van der Waals surface area contributed by atoms with Crippen molar-refractivity contribution < 1.29 is 34.8 Å². The summed E-state index contributed by atoms with van der Waals surface area (Å²) in [6.07, 6.45) is -6.43. The highest BCUT2D eigenvalue weighted by Crippen LogP contribution is 2.30. The van der Waals surface area contributed by atoms with Gasteiger partial charge in [0.2, 0.25) is 0 Å². The molecule has 9 heteroatoms. The lowest BCUT2D eigenvalue weighted by Crippen LogP contribution is -2.71. The molecule has 0 radical (unpaired) electrons. The van der Waals surface area contributed by atoms with E-state index < -0.39 is 48.7 Å². The Kier molecular flexibility index (Phi) is 2.79. The Hall–Kier alpha value is -1.26. The van der Waals surface area contributed by atoms with E-state index in [9.17, 15) is 24.9 Å². The number of rotatable bonds is 1. The quantitative estimate of drug-likeness (QED) is 0.259. The van der Waals surface area contributed by atoms with Gasteiger partial charge in [0.1, 0.15) is 24.4 Å². The summed E-state index contributed by atoms with van der Waals surface area (Å²) >= 11 is 0. The minimum atomic E-state index is -2.18. The second-order valence-corrected chi connectivity index (χ2v) is 3.91. The lowest BCUT2D eigenvalue weighted by Gasteiger charge is -2.44. The van der Waals surface area contributed by atoms with E-state index in [2.05, 4.69) is 0 Å². The van der Waals surface area contributed by atoms with Gasteiger partial charge in [0.15, 0.2) is 0 Å². The van der Waals surface area contributed by atoms with Crippen molar-refractivity contribution >= 4 is 11.9 Å². The minimum absolute atomic E-state index is 0.685. The van der Waals surface area contributed by atoms with Crippen LogP contribution in [0, 0.1) is 0 Å². The van der Waals surface area contributed by atoms with E-state index in [0.717, 1.165) is 0 Å². The first kappa shape index (κ1) is 12.2. The first-order valence-corrected chi connectivity index (χ1v) is 4.89. The number of aliphatic hydroxyl groups is 4. The number of amides is 3. The summed E-state index contributed by atoms with van der Waals surface area (Å²) < 4.78 is 5.01. The fraction of sp³-hybridized carbons (Fsp3) is 0.750. The maximum atomic E-state index is 11.5. The van der Waals surface area contributed by atoms with Crippen LogP contribution in [0.25, 0.3) is 0 Å². The lowest BCUT2D eigenvalue weighted by molar-refractivity contribution is -0.267. The van der Waals surface area contributed by atoms with Crippen molar-refractivity contribution in [2.24, 2.45) is 0 Å². The molecular weight excluding hydrogens is 236 g/mol. The van der Waals surface area contributed by atoms with Gasteiger partial charge < -0.3 is 25.2 Å². The van der Waals surface area contributed by atoms with Gasteiger partial charge in [-0.05, 0) is 0 Å². The van der Waals surface area contributed by atoms with Crippen molar-refractivity contribution in [2.75, 3.05) is 6.61 Å². The minimum Gasteiger partial charge on any atom is -0.394 e. The summed E-state index contributed by atoms with van der Waals surface area (Å²) in [6.45, 7) is -0.685. The highest BCUT2D eigenvalue weighted by Gasteiger charge is 2.61. The number of carbonyl (C=O) groups is 2. The summed E-state index contributed by atoms with van der Waals surface area (Å²) in [7, 11) is 0. The van der Waals surface area contributed by atoms with Gasteiger partial charge >= 0.3 is 6.03 Å². The Morgan fingerprint density at radius 3 is 2.35 bits per heavy atom. The Labute approximate surface area is 95.0 Å². The summed E-state index contributed by atoms with van der Waals surface area (Å²) in [5, 5.41) is 41.5. The second-order valence-electron chi connectivity index (χ2n) is 3.91. The van der Waals surface area contributed by atoms with Crippen LogP contribution in [-0.4, -0.2) is 69.1 Å².